The number of nitrogens with one attached hydrogen (secondary N) is 1. The van der Waals surface area contributed by atoms with Gasteiger partial charge in [0.05, 0.1) is 17.3 Å². The summed E-state index contributed by atoms with van der Waals surface area (Å²) in [5.74, 6) is -0.613. The molecule has 1 unspecified atom stereocenters. The van der Waals surface area contributed by atoms with Gasteiger partial charge in [-0.05, 0) is 82.6 Å². The fourth-order valence-electron chi connectivity index (χ4n) is 5.09. The molecule has 0 spiro atoms. The fourth-order valence-corrected chi connectivity index (χ4v) is 6.10. The van der Waals surface area contributed by atoms with Gasteiger partial charge in [0.2, 0.25) is 5.91 Å². The number of amides is 2. The summed E-state index contributed by atoms with van der Waals surface area (Å²) in [5.41, 5.74) is 2.59. The van der Waals surface area contributed by atoms with Crippen molar-refractivity contribution in [3.8, 4) is 0 Å². The predicted molar refractivity (Wildman–Crippen MR) is 147 cm³/mol. The number of pyridine rings is 1. The van der Waals surface area contributed by atoms with Gasteiger partial charge in [-0.25, -0.2) is 4.79 Å². The topological polar surface area (TPSA) is 99.6 Å². The zero-order valence-corrected chi connectivity index (χ0v) is 22.7. The van der Waals surface area contributed by atoms with Crippen molar-refractivity contribution in [1.82, 2.24) is 10.3 Å². The first-order valence-corrected chi connectivity index (χ1v) is 13.8. The molecule has 0 radical (unpaired) electrons. The van der Waals surface area contributed by atoms with E-state index in [2.05, 4.69) is 17.2 Å². The van der Waals surface area contributed by atoms with Crippen molar-refractivity contribution in [2.45, 2.75) is 71.9 Å². The Hall–Kier alpha value is -3.26. The van der Waals surface area contributed by atoms with Crippen LogP contribution in [0, 0.1) is 18.8 Å². The lowest BCUT2D eigenvalue weighted by Gasteiger charge is -2.33. The Labute approximate surface area is 222 Å². The predicted octanol–water partition coefficient (Wildman–Crippen LogP) is 5.86. The molecule has 2 aromatic heterocycles. The average molecular weight is 522 g/mol. The molecular weight excluding hydrogens is 486 g/mol. The van der Waals surface area contributed by atoms with Crippen LogP contribution in [0.25, 0.3) is 5.57 Å². The molecule has 196 valence electrons. The van der Waals surface area contributed by atoms with E-state index in [0.717, 1.165) is 36.1 Å². The van der Waals surface area contributed by atoms with Gasteiger partial charge in [-0.15, -0.1) is 11.3 Å². The summed E-state index contributed by atoms with van der Waals surface area (Å²) in [5, 5.41) is 13.0. The highest BCUT2D eigenvalue weighted by Gasteiger charge is 2.33. The summed E-state index contributed by atoms with van der Waals surface area (Å²) in [7, 11) is 0. The van der Waals surface area contributed by atoms with Gasteiger partial charge in [0.1, 0.15) is 4.88 Å². The van der Waals surface area contributed by atoms with Crippen LogP contribution >= 0.6 is 11.3 Å². The molecule has 8 heteroatoms. The summed E-state index contributed by atoms with van der Waals surface area (Å²) in [4.78, 5) is 45.3. The Morgan fingerprint density at radius 1 is 1.19 bits per heavy atom. The van der Waals surface area contributed by atoms with Gasteiger partial charge in [0, 0.05) is 28.7 Å². The largest absolute Gasteiger partial charge is 0.477 e. The quantitative estimate of drug-likeness (QED) is 0.475. The number of rotatable bonds is 7. The highest BCUT2D eigenvalue weighted by atomic mass is 32.1. The molecule has 4 rings (SSSR count). The van der Waals surface area contributed by atoms with E-state index >= 15 is 0 Å². The molecular formula is C29H35N3O4S. The van der Waals surface area contributed by atoms with Crippen molar-refractivity contribution in [2.24, 2.45) is 11.8 Å². The summed E-state index contributed by atoms with van der Waals surface area (Å²) in [6.45, 7) is 7.89. The first-order valence-electron chi connectivity index (χ1n) is 13.0. The van der Waals surface area contributed by atoms with Crippen LogP contribution in [0.15, 0.2) is 42.6 Å². The molecule has 0 saturated heterocycles. The molecule has 1 fully saturated rings. The van der Waals surface area contributed by atoms with Gasteiger partial charge in [0.25, 0.3) is 5.91 Å². The number of carboxylic acids is 1. The first kappa shape index (κ1) is 26.8. The SMILES string of the molecule is Cc1ncccc1C(=O)NC1C=CC(c2cc(N(C(=O)[C@H]3CC[C@H](C)CC3)C(C)C)c(C(=O)O)s2)=CC1. The van der Waals surface area contributed by atoms with Gasteiger partial charge < -0.3 is 15.3 Å². The minimum absolute atomic E-state index is 0.0235. The lowest BCUT2D eigenvalue weighted by molar-refractivity contribution is -0.123. The van der Waals surface area contributed by atoms with Crippen molar-refractivity contribution in [1.29, 1.82) is 0 Å². The normalized spacial score (nSPS) is 21.4. The number of nitrogens with zero attached hydrogens (tertiary/aromatic N) is 2. The lowest BCUT2D eigenvalue weighted by atomic mass is 9.82. The standard InChI is InChI=1S/C29H35N3O4S/c1-17(2)32(28(34)21-9-7-18(3)8-10-21)24-16-25(37-26(24)29(35)36)20-11-13-22(14-12-20)31-27(33)23-6-5-15-30-19(23)4/h5-6,11-13,15-18,21-22H,7-10,14H2,1-4H3,(H,31,33)(H,35,36)/t18-,21-,22?. The number of carboxylic acid groups (broad SMARTS) is 1. The van der Waals surface area contributed by atoms with Crippen molar-refractivity contribution in [3.63, 3.8) is 0 Å². The average Bonchev–Trinajstić information content (AvgIpc) is 3.30. The van der Waals surface area contributed by atoms with E-state index in [4.69, 9.17) is 0 Å². The molecule has 1 saturated carbocycles. The number of aryl methyl sites for hydroxylation is 1. The van der Waals surface area contributed by atoms with Crippen LogP contribution in [0.4, 0.5) is 5.69 Å². The van der Waals surface area contributed by atoms with Gasteiger partial charge in [-0.1, -0.05) is 25.2 Å². The van der Waals surface area contributed by atoms with Gasteiger partial charge >= 0.3 is 5.97 Å². The van der Waals surface area contributed by atoms with E-state index in [0.29, 0.717) is 29.3 Å². The fraction of sp³-hybridized carbons (Fsp3) is 0.448. The highest BCUT2D eigenvalue weighted by Crippen LogP contribution is 2.39. The molecule has 7 nitrogen and oxygen atoms in total. The molecule has 0 aliphatic heterocycles. The van der Waals surface area contributed by atoms with Crippen LogP contribution in [-0.2, 0) is 4.79 Å². The van der Waals surface area contributed by atoms with Crippen molar-refractivity contribution in [2.75, 3.05) is 4.90 Å². The molecule has 2 heterocycles. The monoisotopic (exact) mass is 521 g/mol. The van der Waals surface area contributed by atoms with E-state index in [-0.39, 0.29) is 34.7 Å². The van der Waals surface area contributed by atoms with E-state index in [1.54, 1.807) is 30.2 Å². The van der Waals surface area contributed by atoms with E-state index < -0.39 is 5.97 Å². The number of hydrogen-bond acceptors (Lipinski definition) is 5. The molecule has 1 atom stereocenters. The van der Waals surface area contributed by atoms with Gasteiger partial charge in [0.15, 0.2) is 0 Å². The number of carbonyl (C=O) groups is 3. The Kier molecular flexibility index (Phi) is 8.27. The maximum Gasteiger partial charge on any atom is 0.348 e. The summed E-state index contributed by atoms with van der Waals surface area (Å²) >= 11 is 1.19. The van der Waals surface area contributed by atoms with Crippen molar-refractivity contribution < 1.29 is 19.5 Å². The van der Waals surface area contributed by atoms with Crippen LogP contribution in [0.2, 0.25) is 0 Å². The second-order valence-corrected chi connectivity index (χ2v) is 11.4. The minimum atomic E-state index is -1.03. The van der Waals surface area contributed by atoms with Crippen molar-refractivity contribution >= 4 is 40.4 Å². The molecule has 37 heavy (non-hydrogen) atoms. The second kappa shape index (κ2) is 11.4. The Morgan fingerprint density at radius 2 is 1.92 bits per heavy atom. The third-order valence-corrected chi connectivity index (χ3v) is 8.40. The number of aromatic nitrogens is 1. The zero-order chi connectivity index (χ0) is 26.7. The molecule has 0 aromatic carbocycles. The number of carbonyl (C=O) groups excluding carboxylic acids is 2. The van der Waals surface area contributed by atoms with Crippen LogP contribution in [0.5, 0.6) is 0 Å². The maximum atomic E-state index is 13.6. The number of thiophene rings is 1. The van der Waals surface area contributed by atoms with E-state index in [1.165, 1.54) is 11.3 Å². The second-order valence-electron chi connectivity index (χ2n) is 10.4. The van der Waals surface area contributed by atoms with Crippen LogP contribution in [-0.4, -0.2) is 40.0 Å². The number of allylic oxidation sites excluding steroid dienone is 2. The van der Waals surface area contributed by atoms with Crippen LogP contribution in [0.1, 0.15) is 83.5 Å². The minimum Gasteiger partial charge on any atom is -0.477 e. The summed E-state index contributed by atoms with van der Waals surface area (Å²) in [6.07, 6.45) is 11.8. The lowest BCUT2D eigenvalue weighted by Crippen LogP contribution is -2.42. The number of hydrogen-bond donors (Lipinski definition) is 2. The third kappa shape index (κ3) is 6.01. The Balaban J connectivity index is 1.53. The van der Waals surface area contributed by atoms with Crippen LogP contribution in [0.3, 0.4) is 0 Å². The van der Waals surface area contributed by atoms with Crippen molar-refractivity contribution in [3.05, 3.63) is 63.6 Å². The smallest absolute Gasteiger partial charge is 0.348 e. The Morgan fingerprint density at radius 3 is 2.51 bits per heavy atom. The Bertz CT molecular complexity index is 1240. The summed E-state index contributed by atoms with van der Waals surface area (Å²) in [6, 6.07) is 5.01. The molecule has 2 aliphatic carbocycles. The number of aromatic carboxylic acids is 1. The molecule has 2 aliphatic rings. The molecule has 2 amide bonds. The van der Waals surface area contributed by atoms with Gasteiger partial charge in [-0.2, -0.15) is 0 Å². The molecule has 2 N–H and O–H groups in total. The van der Waals surface area contributed by atoms with Gasteiger partial charge in [-0.3, -0.25) is 14.6 Å². The number of anilines is 1. The highest BCUT2D eigenvalue weighted by molar-refractivity contribution is 7.15. The summed E-state index contributed by atoms with van der Waals surface area (Å²) < 4.78 is 0. The maximum absolute atomic E-state index is 13.6. The molecule has 2 aromatic rings. The van der Waals surface area contributed by atoms with Crippen LogP contribution < -0.4 is 10.2 Å². The molecule has 0 bridgehead atoms. The zero-order valence-electron chi connectivity index (χ0n) is 21.9. The van der Waals surface area contributed by atoms with E-state index in [9.17, 15) is 19.5 Å². The first-order chi connectivity index (χ1) is 17.7. The third-order valence-electron chi connectivity index (χ3n) is 7.24. The van der Waals surface area contributed by atoms with E-state index in [1.807, 2.05) is 38.1 Å².